The molecule has 4 heteroatoms. The lowest BCUT2D eigenvalue weighted by atomic mass is 9.88. The first kappa shape index (κ1) is 16.4. The molecule has 0 unspecified atom stereocenters. The summed E-state index contributed by atoms with van der Waals surface area (Å²) in [6.45, 7) is 9.96. The number of carbonyl (C=O) groups excluding carboxylic acids is 1. The van der Waals surface area contributed by atoms with Crippen LogP contribution in [-0.4, -0.2) is 36.8 Å². The summed E-state index contributed by atoms with van der Waals surface area (Å²) in [6, 6.07) is 0.420. The molecule has 1 amide bonds. The zero-order valence-corrected chi connectivity index (χ0v) is 11.7. The van der Waals surface area contributed by atoms with Crippen LogP contribution < -0.4 is 10.6 Å². The van der Waals surface area contributed by atoms with Crippen LogP contribution in [0.25, 0.3) is 0 Å². The van der Waals surface area contributed by atoms with Gasteiger partial charge in [-0.15, -0.1) is 0 Å². The average Bonchev–Trinajstić information content (AvgIpc) is 2.23. The van der Waals surface area contributed by atoms with E-state index < -0.39 is 0 Å². The molecule has 0 rings (SSSR count). The van der Waals surface area contributed by atoms with E-state index in [1.807, 2.05) is 0 Å². The van der Waals surface area contributed by atoms with Gasteiger partial charge < -0.3 is 15.7 Å². The van der Waals surface area contributed by atoms with Crippen LogP contribution >= 0.6 is 0 Å². The van der Waals surface area contributed by atoms with Gasteiger partial charge in [0.1, 0.15) is 0 Å². The minimum absolute atomic E-state index is 0.0594. The van der Waals surface area contributed by atoms with Gasteiger partial charge in [-0.25, -0.2) is 0 Å². The van der Waals surface area contributed by atoms with Crippen LogP contribution in [0, 0.1) is 5.41 Å². The lowest BCUT2D eigenvalue weighted by Crippen LogP contribution is -2.36. The molecule has 102 valence electrons. The number of aliphatic hydroxyl groups excluding tert-OH is 1. The van der Waals surface area contributed by atoms with Crippen LogP contribution in [0.1, 0.15) is 47.0 Å². The fourth-order valence-corrected chi connectivity index (χ4v) is 1.55. The second kappa shape index (κ2) is 8.48. The summed E-state index contributed by atoms with van der Waals surface area (Å²) in [5, 5.41) is 14.9. The van der Waals surface area contributed by atoms with E-state index >= 15 is 0 Å². The number of amides is 1. The van der Waals surface area contributed by atoms with Crippen molar-refractivity contribution in [3.8, 4) is 0 Å². The van der Waals surface area contributed by atoms with Gasteiger partial charge in [0.2, 0.25) is 5.91 Å². The van der Waals surface area contributed by atoms with E-state index in [4.69, 9.17) is 5.11 Å². The number of carbonyl (C=O) groups is 1. The molecule has 0 saturated heterocycles. The predicted octanol–water partition coefficient (Wildman–Crippen LogP) is 1.29. The minimum Gasteiger partial charge on any atom is -0.396 e. The molecule has 0 aromatic rings. The maximum Gasteiger partial charge on any atom is 0.221 e. The van der Waals surface area contributed by atoms with Crippen LogP contribution in [0.15, 0.2) is 0 Å². The summed E-state index contributed by atoms with van der Waals surface area (Å²) < 4.78 is 0. The third-order valence-corrected chi connectivity index (χ3v) is 2.68. The van der Waals surface area contributed by atoms with Crippen LogP contribution in [0.5, 0.6) is 0 Å². The van der Waals surface area contributed by atoms with Crippen molar-refractivity contribution in [3.05, 3.63) is 0 Å². The summed E-state index contributed by atoms with van der Waals surface area (Å²) >= 11 is 0. The normalized spacial score (nSPS) is 11.9. The molecule has 0 radical (unpaired) electrons. The fraction of sp³-hybridized carbons (Fsp3) is 0.923. The highest BCUT2D eigenvalue weighted by atomic mass is 16.2. The SMILES string of the molecule is CC(C)NCCC(=O)NCC(C)(C)CCCO. The molecule has 0 aromatic carbocycles. The Balaban J connectivity index is 3.67. The molecule has 3 N–H and O–H groups in total. The molecule has 4 nitrogen and oxygen atoms in total. The topological polar surface area (TPSA) is 61.4 Å². The fourth-order valence-electron chi connectivity index (χ4n) is 1.55. The van der Waals surface area contributed by atoms with Crippen LogP contribution in [0.2, 0.25) is 0 Å². The molecule has 0 spiro atoms. The standard InChI is InChI=1S/C13H28N2O2/c1-11(2)14-8-6-12(17)15-10-13(3,4)7-5-9-16/h11,14,16H,5-10H2,1-4H3,(H,15,17). The molecule has 0 aliphatic carbocycles. The quantitative estimate of drug-likeness (QED) is 0.573. The van der Waals surface area contributed by atoms with Crippen LogP contribution in [0.3, 0.4) is 0 Å². The van der Waals surface area contributed by atoms with Gasteiger partial charge in [-0.05, 0) is 18.3 Å². The van der Waals surface area contributed by atoms with E-state index in [0.717, 1.165) is 19.4 Å². The van der Waals surface area contributed by atoms with E-state index in [1.165, 1.54) is 0 Å². The molecule has 0 aliphatic rings. The molecule has 0 bridgehead atoms. The van der Waals surface area contributed by atoms with Crippen LogP contribution in [0.4, 0.5) is 0 Å². The number of hydrogen-bond acceptors (Lipinski definition) is 3. The van der Waals surface area contributed by atoms with Crippen molar-refractivity contribution in [1.82, 2.24) is 10.6 Å². The Morgan fingerprint density at radius 1 is 1.35 bits per heavy atom. The van der Waals surface area contributed by atoms with Crippen molar-refractivity contribution >= 4 is 5.91 Å². The number of hydrogen-bond donors (Lipinski definition) is 3. The Hall–Kier alpha value is -0.610. The Morgan fingerprint density at radius 2 is 2.00 bits per heavy atom. The predicted molar refractivity (Wildman–Crippen MR) is 70.9 cm³/mol. The lowest BCUT2D eigenvalue weighted by Gasteiger charge is -2.24. The maximum atomic E-state index is 11.5. The summed E-state index contributed by atoms with van der Waals surface area (Å²) in [5.74, 6) is 0.0928. The monoisotopic (exact) mass is 244 g/mol. The highest BCUT2D eigenvalue weighted by Crippen LogP contribution is 2.20. The third kappa shape index (κ3) is 10.3. The third-order valence-electron chi connectivity index (χ3n) is 2.68. The molecule has 0 atom stereocenters. The van der Waals surface area contributed by atoms with Crippen molar-refractivity contribution in [1.29, 1.82) is 0 Å². The molecule has 0 aliphatic heterocycles. The number of aliphatic hydroxyl groups is 1. The van der Waals surface area contributed by atoms with Gasteiger partial charge in [-0.2, -0.15) is 0 Å². The average molecular weight is 244 g/mol. The summed E-state index contributed by atoms with van der Waals surface area (Å²) in [6.07, 6.45) is 2.24. The van der Waals surface area contributed by atoms with Crippen molar-refractivity contribution in [3.63, 3.8) is 0 Å². The van der Waals surface area contributed by atoms with Crippen molar-refractivity contribution < 1.29 is 9.90 Å². The van der Waals surface area contributed by atoms with Gasteiger partial charge in [-0.1, -0.05) is 27.7 Å². The number of rotatable bonds is 9. The van der Waals surface area contributed by atoms with Gasteiger partial charge in [-0.3, -0.25) is 4.79 Å². The second-order valence-corrected chi connectivity index (χ2v) is 5.63. The molecular weight excluding hydrogens is 216 g/mol. The largest absolute Gasteiger partial charge is 0.396 e. The number of nitrogens with one attached hydrogen (secondary N) is 2. The first-order chi connectivity index (χ1) is 7.87. The van der Waals surface area contributed by atoms with Crippen LogP contribution in [-0.2, 0) is 4.79 Å². The van der Waals surface area contributed by atoms with E-state index in [9.17, 15) is 4.79 Å². The smallest absolute Gasteiger partial charge is 0.221 e. The Labute approximate surface area is 105 Å². The molecule has 0 heterocycles. The summed E-state index contributed by atoms with van der Waals surface area (Å²) in [5.41, 5.74) is 0.0594. The molecule has 0 fully saturated rings. The second-order valence-electron chi connectivity index (χ2n) is 5.63. The maximum absolute atomic E-state index is 11.5. The summed E-state index contributed by atoms with van der Waals surface area (Å²) in [4.78, 5) is 11.5. The van der Waals surface area contributed by atoms with Gasteiger partial charge in [0.15, 0.2) is 0 Å². The molecular formula is C13H28N2O2. The van der Waals surface area contributed by atoms with E-state index in [1.54, 1.807) is 0 Å². The van der Waals surface area contributed by atoms with Gasteiger partial charge in [0.25, 0.3) is 0 Å². The van der Waals surface area contributed by atoms with E-state index in [-0.39, 0.29) is 17.9 Å². The van der Waals surface area contributed by atoms with E-state index in [0.29, 0.717) is 19.0 Å². The van der Waals surface area contributed by atoms with Gasteiger partial charge in [0.05, 0.1) is 0 Å². The lowest BCUT2D eigenvalue weighted by molar-refractivity contribution is -0.121. The Bertz CT molecular complexity index is 215. The molecule has 0 saturated carbocycles. The Morgan fingerprint density at radius 3 is 2.53 bits per heavy atom. The first-order valence-corrected chi connectivity index (χ1v) is 6.48. The van der Waals surface area contributed by atoms with E-state index in [2.05, 4.69) is 38.3 Å². The van der Waals surface area contributed by atoms with Gasteiger partial charge >= 0.3 is 0 Å². The highest BCUT2D eigenvalue weighted by molar-refractivity contribution is 5.76. The minimum atomic E-state index is 0.0594. The zero-order chi connectivity index (χ0) is 13.3. The summed E-state index contributed by atoms with van der Waals surface area (Å²) in [7, 11) is 0. The van der Waals surface area contributed by atoms with Crippen molar-refractivity contribution in [2.75, 3.05) is 19.7 Å². The van der Waals surface area contributed by atoms with Gasteiger partial charge in [0, 0.05) is 32.2 Å². The molecule has 0 aromatic heterocycles. The first-order valence-electron chi connectivity index (χ1n) is 6.48. The zero-order valence-electron chi connectivity index (χ0n) is 11.7. The molecule has 17 heavy (non-hydrogen) atoms. The van der Waals surface area contributed by atoms with Crippen molar-refractivity contribution in [2.24, 2.45) is 5.41 Å². The highest BCUT2D eigenvalue weighted by Gasteiger charge is 2.17. The Kier molecular flexibility index (Phi) is 8.17. The van der Waals surface area contributed by atoms with Crippen molar-refractivity contribution in [2.45, 2.75) is 53.0 Å².